The van der Waals surface area contributed by atoms with E-state index in [4.69, 9.17) is 4.98 Å². The third-order valence-electron chi connectivity index (χ3n) is 6.90. The fourth-order valence-corrected chi connectivity index (χ4v) is 5.95. The molecule has 0 bridgehead atoms. The van der Waals surface area contributed by atoms with E-state index in [0.717, 1.165) is 21.5 Å². The van der Waals surface area contributed by atoms with E-state index in [1.54, 1.807) is 36.1 Å². The second-order valence-electron chi connectivity index (χ2n) is 9.16. The van der Waals surface area contributed by atoms with Crippen LogP contribution in [0.25, 0.3) is 16.1 Å². The van der Waals surface area contributed by atoms with Crippen molar-refractivity contribution < 1.29 is 8.78 Å². The number of hydrogen-bond acceptors (Lipinski definition) is 8. The van der Waals surface area contributed by atoms with E-state index in [0.29, 0.717) is 24.7 Å². The molecule has 0 unspecified atom stereocenters. The van der Waals surface area contributed by atoms with E-state index >= 15 is 0 Å². The van der Waals surface area contributed by atoms with Gasteiger partial charge in [-0.2, -0.15) is 10.2 Å². The van der Waals surface area contributed by atoms with Gasteiger partial charge in [0.1, 0.15) is 28.3 Å². The predicted molar refractivity (Wildman–Crippen MR) is 136 cm³/mol. The molecular formula is C26H22F2N8S. The van der Waals surface area contributed by atoms with Gasteiger partial charge in [0.05, 0.1) is 24.0 Å². The smallest absolute Gasteiger partial charge is 0.258 e. The Morgan fingerprint density at radius 2 is 1.73 bits per heavy atom. The number of nitriles is 1. The van der Waals surface area contributed by atoms with Gasteiger partial charge in [-0.15, -0.1) is 21.5 Å². The van der Waals surface area contributed by atoms with Crippen molar-refractivity contribution in [3.63, 3.8) is 0 Å². The van der Waals surface area contributed by atoms with Gasteiger partial charge in [-0.3, -0.25) is 9.30 Å². The zero-order chi connectivity index (χ0) is 25.5. The molecule has 0 saturated carbocycles. The van der Waals surface area contributed by atoms with Crippen molar-refractivity contribution in [1.29, 1.82) is 5.26 Å². The Hall–Kier alpha value is -4.01. The minimum Gasteiger partial charge on any atom is -0.349 e. The van der Waals surface area contributed by atoms with Crippen LogP contribution in [0.15, 0.2) is 60.4 Å². The van der Waals surface area contributed by atoms with Gasteiger partial charge in [0, 0.05) is 25.2 Å². The fraction of sp³-hybridized carbons (Fsp3) is 0.269. The lowest BCUT2D eigenvalue weighted by atomic mass is 9.92. The molecule has 186 valence electrons. The maximum Gasteiger partial charge on any atom is 0.258 e. The number of thiazole rings is 1. The standard InChI is InChI=1S/C26H22F2N8S/c1-16-12-35(23(17-2-6-19(27)7-3-17)18-4-8-20(28)9-5-18)21(10-11-29)13-34(16)24-22-25(37-15-30-22)36-14-31-33-26(36)32-24/h2-9,14-16,21,23H,10,12-13H2,1H3/t16-,21+/m0/s1. The molecule has 0 N–H and O–H groups in total. The van der Waals surface area contributed by atoms with E-state index < -0.39 is 0 Å². The minimum atomic E-state index is -0.324. The maximum atomic E-state index is 13.8. The number of rotatable bonds is 5. The zero-order valence-electron chi connectivity index (χ0n) is 19.9. The van der Waals surface area contributed by atoms with Crippen LogP contribution in [0.2, 0.25) is 0 Å². The summed E-state index contributed by atoms with van der Waals surface area (Å²) in [7, 11) is 0. The van der Waals surface area contributed by atoms with Gasteiger partial charge < -0.3 is 4.90 Å². The van der Waals surface area contributed by atoms with E-state index in [-0.39, 0.29) is 36.2 Å². The number of aromatic nitrogens is 5. The van der Waals surface area contributed by atoms with Crippen LogP contribution in [0.1, 0.15) is 30.5 Å². The van der Waals surface area contributed by atoms with E-state index in [2.05, 4.69) is 38.0 Å². The summed E-state index contributed by atoms with van der Waals surface area (Å²) in [4.78, 5) is 14.7. The fourth-order valence-electron chi connectivity index (χ4n) is 5.19. The van der Waals surface area contributed by atoms with Gasteiger partial charge in [0.15, 0.2) is 5.82 Å². The second-order valence-corrected chi connectivity index (χ2v) is 10.00. The molecule has 6 rings (SSSR count). The van der Waals surface area contributed by atoms with E-state index in [1.165, 1.54) is 35.6 Å². The zero-order valence-corrected chi connectivity index (χ0v) is 20.7. The SMILES string of the molecule is C[C@H]1CN(C(c2ccc(F)cc2)c2ccc(F)cc2)[C@H](CC#N)CN1c1nc2nncn2c2scnc12. The van der Waals surface area contributed by atoms with Gasteiger partial charge in [0.2, 0.25) is 0 Å². The summed E-state index contributed by atoms with van der Waals surface area (Å²) < 4.78 is 29.4. The summed E-state index contributed by atoms with van der Waals surface area (Å²) in [6, 6.07) is 14.6. The Bertz CT molecular complexity index is 1550. The first-order chi connectivity index (χ1) is 18.0. The number of benzene rings is 2. The molecule has 1 saturated heterocycles. The minimum absolute atomic E-state index is 0.00103. The highest BCUT2D eigenvalue weighted by Gasteiger charge is 2.38. The molecule has 1 aliphatic heterocycles. The first-order valence-corrected chi connectivity index (χ1v) is 12.7. The predicted octanol–water partition coefficient (Wildman–Crippen LogP) is 4.59. The summed E-state index contributed by atoms with van der Waals surface area (Å²) >= 11 is 1.50. The summed E-state index contributed by atoms with van der Waals surface area (Å²) in [6.45, 7) is 3.23. The van der Waals surface area contributed by atoms with Crippen molar-refractivity contribution in [2.24, 2.45) is 0 Å². The number of fused-ring (bicyclic) bond motifs is 3. The topological polar surface area (TPSA) is 86.2 Å². The van der Waals surface area contributed by atoms with Crippen molar-refractivity contribution in [3.05, 3.63) is 83.1 Å². The molecule has 4 heterocycles. The van der Waals surface area contributed by atoms with Crippen LogP contribution >= 0.6 is 11.3 Å². The first kappa shape index (κ1) is 23.4. The van der Waals surface area contributed by atoms with Crippen LogP contribution in [-0.2, 0) is 0 Å². The highest BCUT2D eigenvalue weighted by molar-refractivity contribution is 7.16. The molecule has 2 aromatic carbocycles. The van der Waals surface area contributed by atoms with Gasteiger partial charge in [-0.1, -0.05) is 24.3 Å². The van der Waals surface area contributed by atoms with Crippen LogP contribution in [0.5, 0.6) is 0 Å². The largest absolute Gasteiger partial charge is 0.349 e. The van der Waals surface area contributed by atoms with Crippen molar-refractivity contribution in [3.8, 4) is 6.07 Å². The van der Waals surface area contributed by atoms with Gasteiger partial charge in [0.25, 0.3) is 5.78 Å². The Kier molecular flexibility index (Phi) is 5.98. The average Bonchev–Trinajstić information content (AvgIpc) is 3.57. The lowest BCUT2D eigenvalue weighted by molar-refractivity contribution is 0.121. The van der Waals surface area contributed by atoms with Gasteiger partial charge >= 0.3 is 0 Å². The lowest BCUT2D eigenvalue weighted by Gasteiger charge is -2.48. The molecule has 0 aliphatic carbocycles. The van der Waals surface area contributed by atoms with E-state index in [1.807, 2.05) is 4.40 Å². The third-order valence-corrected chi connectivity index (χ3v) is 7.72. The average molecular weight is 517 g/mol. The van der Waals surface area contributed by atoms with Crippen LogP contribution in [-0.4, -0.2) is 54.6 Å². The highest BCUT2D eigenvalue weighted by Crippen LogP contribution is 2.37. The van der Waals surface area contributed by atoms with Crippen LogP contribution in [0, 0.1) is 23.0 Å². The number of nitrogens with zero attached hydrogens (tertiary/aromatic N) is 8. The highest BCUT2D eigenvalue weighted by atomic mass is 32.1. The third kappa shape index (κ3) is 4.18. The Balaban J connectivity index is 1.42. The number of halogens is 2. The maximum absolute atomic E-state index is 13.8. The quantitative estimate of drug-likeness (QED) is 0.338. The first-order valence-electron chi connectivity index (χ1n) is 11.9. The lowest BCUT2D eigenvalue weighted by Crippen LogP contribution is -2.58. The molecule has 3 aromatic heterocycles. The van der Waals surface area contributed by atoms with Gasteiger partial charge in [-0.05, 0) is 42.3 Å². The monoisotopic (exact) mass is 516 g/mol. The summed E-state index contributed by atoms with van der Waals surface area (Å²) in [5.41, 5.74) is 4.30. The van der Waals surface area contributed by atoms with Crippen LogP contribution in [0.3, 0.4) is 0 Å². The number of piperazine rings is 1. The molecule has 0 spiro atoms. The van der Waals surface area contributed by atoms with Crippen molar-refractivity contribution in [1.82, 2.24) is 29.5 Å². The molecule has 1 fully saturated rings. The molecule has 8 nitrogen and oxygen atoms in total. The Morgan fingerprint density at radius 1 is 1.05 bits per heavy atom. The summed E-state index contributed by atoms with van der Waals surface area (Å²) in [6.07, 6.45) is 1.90. The molecule has 11 heteroatoms. The Morgan fingerprint density at radius 3 is 2.38 bits per heavy atom. The van der Waals surface area contributed by atoms with Crippen LogP contribution in [0.4, 0.5) is 14.6 Å². The van der Waals surface area contributed by atoms with Crippen molar-refractivity contribution in [2.75, 3.05) is 18.0 Å². The number of anilines is 1. The molecule has 2 atom stereocenters. The second kappa shape index (κ2) is 9.46. The Labute approximate surface area is 215 Å². The summed E-state index contributed by atoms with van der Waals surface area (Å²) in [5.74, 6) is 0.562. The number of hydrogen-bond donors (Lipinski definition) is 0. The van der Waals surface area contributed by atoms with Crippen molar-refractivity contribution >= 4 is 33.3 Å². The molecule has 5 aromatic rings. The molecule has 0 radical (unpaired) electrons. The molecule has 1 aliphatic rings. The molecule has 0 amide bonds. The van der Waals surface area contributed by atoms with Crippen LogP contribution < -0.4 is 4.90 Å². The molecule has 37 heavy (non-hydrogen) atoms. The van der Waals surface area contributed by atoms with Gasteiger partial charge in [-0.25, -0.2) is 13.8 Å². The van der Waals surface area contributed by atoms with E-state index in [9.17, 15) is 14.0 Å². The van der Waals surface area contributed by atoms with Crippen molar-refractivity contribution in [2.45, 2.75) is 31.5 Å². The summed E-state index contributed by atoms with van der Waals surface area (Å²) in [5, 5.41) is 17.9. The normalized spacial score (nSPS) is 18.6. The molecular weight excluding hydrogens is 494 g/mol.